The molecule has 0 aliphatic heterocycles. The first kappa shape index (κ1) is 24.3. The van der Waals surface area contributed by atoms with Crippen LogP contribution in [0, 0.1) is 13.8 Å². The van der Waals surface area contributed by atoms with Crippen molar-refractivity contribution in [2.45, 2.75) is 39.8 Å². The van der Waals surface area contributed by atoms with E-state index in [1.807, 2.05) is 50.2 Å². The first-order valence-electron chi connectivity index (χ1n) is 10.8. The van der Waals surface area contributed by atoms with Crippen LogP contribution in [0.4, 0.5) is 11.4 Å². The van der Waals surface area contributed by atoms with E-state index in [1.54, 1.807) is 43.3 Å². The van der Waals surface area contributed by atoms with Crippen molar-refractivity contribution in [3.8, 4) is 5.75 Å². The molecule has 0 aliphatic rings. The monoisotopic (exact) mass is 466 g/mol. The predicted octanol–water partition coefficient (Wildman–Crippen LogP) is 5.07. The van der Waals surface area contributed by atoms with Crippen LogP contribution < -0.4 is 14.4 Å². The van der Waals surface area contributed by atoms with Crippen LogP contribution >= 0.6 is 0 Å². The Bertz CT molecular complexity index is 1190. The van der Waals surface area contributed by atoms with Gasteiger partial charge in [-0.15, -0.1) is 0 Å². The molecule has 0 spiro atoms. The van der Waals surface area contributed by atoms with Crippen molar-refractivity contribution in [3.63, 3.8) is 0 Å². The summed E-state index contributed by atoms with van der Waals surface area (Å²) in [7, 11) is -3.68. The normalized spacial score (nSPS) is 12.1. The molecule has 7 heteroatoms. The van der Waals surface area contributed by atoms with E-state index >= 15 is 0 Å². The summed E-state index contributed by atoms with van der Waals surface area (Å²) < 4.78 is 32.3. The highest BCUT2D eigenvalue weighted by molar-refractivity contribution is 7.92. The zero-order valence-electron chi connectivity index (χ0n) is 19.4. The molecule has 174 valence electrons. The Morgan fingerprint density at radius 2 is 1.64 bits per heavy atom. The van der Waals surface area contributed by atoms with Crippen LogP contribution in [0.2, 0.25) is 0 Å². The van der Waals surface area contributed by atoms with E-state index in [9.17, 15) is 13.2 Å². The summed E-state index contributed by atoms with van der Waals surface area (Å²) in [5.41, 5.74) is 4.13. The van der Waals surface area contributed by atoms with Crippen LogP contribution in [0.5, 0.6) is 5.75 Å². The van der Waals surface area contributed by atoms with Crippen molar-refractivity contribution in [2.75, 3.05) is 15.9 Å². The third kappa shape index (κ3) is 6.35. The minimum atomic E-state index is -3.68. The van der Waals surface area contributed by atoms with Gasteiger partial charge in [-0.1, -0.05) is 43.3 Å². The van der Waals surface area contributed by atoms with Gasteiger partial charge in [0.2, 0.25) is 15.9 Å². The smallest absolute Gasteiger partial charge is 0.248 e. The Morgan fingerprint density at radius 3 is 2.21 bits per heavy atom. The number of sulfonamides is 1. The van der Waals surface area contributed by atoms with E-state index in [0.29, 0.717) is 30.2 Å². The molecule has 0 radical (unpaired) electrons. The highest BCUT2D eigenvalue weighted by Crippen LogP contribution is 2.26. The van der Waals surface area contributed by atoms with Crippen LogP contribution in [0.1, 0.15) is 30.0 Å². The molecule has 0 aliphatic carbocycles. The first-order valence-corrected chi connectivity index (χ1v) is 12.7. The molecule has 0 saturated carbocycles. The van der Waals surface area contributed by atoms with Gasteiger partial charge >= 0.3 is 0 Å². The van der Waals surface area contributed by atoms with Gasteiger partial charge in [0.15, 0.2) is 0 Å². The van der Waals surface area contributed by atoms with E-state index in [2.05, 4.69) is 5.32 Å². The van der Waals surface area contributed by atoms with Gasteiger partial charge in [0.1, 0.15) is 18.4 Å². The maximum atomic E-state index is 13.1. The largest absolute Gasteiger partial charge is 0.489 e. The van der Waals surface area contributed by atoms with E-state index < -0.39 is 16.1 Å². The number of ether oxygens (including phenoxy) is 1. The molecule has 3 aromatic carbocycles. The third-order valence-electron chi connectivity index (χ3n) is 5.44. The topological polar surface area (TPSA) is 75.7 Å². The van der Waals surface area contributed by atoms with E-state index in [0.717, 1.165) is 22.9 Å². The Kier molecular flexibility index (Phi) is 7.76. The second-order valence-electron chi connectivity index (χ2n) is 8.04. The lowest BCUT2D eigenvalue weighted by atomic mass is 10.1. The molecule has 6 nitrogen and oxygen atoms in total. The maximum Gasteiger partial charge on any atom is 0.248 e. The number of hydrogen-bond donors (Lipinski definition) is 1. The molecule has 0 unspecified atom stereocenters. The average Bonchev–Trinajstić information content (AvgIpc) is 2.78. The average molecular weight is 467 g/mol. The molecule has 1 N–H and O–H groups in total. The number of benzene rings is 3. The summed E-state index contributed by atoms with van der Waals surface area (Å²) in [5, 5.41) is 2.84. The van der Waals surface area contributed by atoms with Crippen molar-refractivity contribution < 1.29 is 17.9 Å². The number of rotatable bonds is 9. The number of nitrogens with one attached hydrogen (secondary N) is 1. The van der Waals surface area contributed by atoms with Crippen molar-refractivity contribution >= 4 is 27.3 Å². The van der Waals surface area contributed by atoms with Gasteiger partial charge < -0.3 is 10.1 Å². The number of anilines is 2. The summed E-state index contributed by atoms with van der Waals surface area (Å²) >= 11 is 0. The van der Waals surface area contributed by atoms with Gasteiger partial charge in [-0.3, -0.25) is 9.10 Å². The standard InChI is InChI=1S/C26H30N2O4S/c1-5-25(28(33(4,30)31)23-14-11-19(2)20(3)17-23)26(29)27-22-12-15-24(16-13-22)32-18-21-9-7-6-8-10-21/h6-17,25H,5,18H2,1-4H3,(H,27,29)/t25-/m1/s1. The lowest BCUT2D eigenvalue weighted by molar-refractivity contribution is -0.117. The molecule has 0 aromatic heterocycles. The van der Waals surface area contributed by atoms with Crippen molar-refractivity contribution in [1.29, 1.82) is 0 Å². The highest BCUT2D eigenvalue weighted by Gasteiger charge is 2.31. The molecule has 3 rings (SSSR count). The fourth-order valence-corrected chi connectivity index (χ4v) is 4.73. The summed E-state index contributed by atoms with van der Waals surface area (Å²) in [6.45, 7) is 6.12. The molecule has 1 amide bonds. The molecule has 3 aromatic rings. The summed E-state index contributed by atoms with van der Waals surface area (Å²) in [6, 6.07) is 21.4. The van der Waals surface area contributed by atoms with E-state index in [-0.39, 0.29) is 5.91 Å². The number of aryl methyl sites for hydroxylation is 2. The predicted molar refractivity (Wildman–Crippen MR) is 133 cm³/mol. The molecule has 0 fully saturated rings. The molecule has 1 atom stereocenters. The van der Waals surface area contributed by atoms with Crippen LogP contribution in [-0.2, 0) is 21.4 Å². The molecule has 0 heterocycles. The van der Waals surface area contributed by atoms with Gasteiger partial charge in [0.05, 0.1) is 11.9 Å². The number of hydrogen-bond acceptors (Lipinski definition) is 4. The van der Waals surface area contributed by atoms with Gasteiger partial charge in [-0.25, -0.2) is 8.42 Å². The Balaban J connectivity index is 1.74. The molecule has 0 saturated heterocycles. The molecular formula is C26H30N2O4S. The van der Waals surface area contributed by atoms with E-state index in [4.69, 9.17) is 4.74 Å². The number of carbonyl (C=O) groups is 1. The molecule has 0 bridgehead atoms. The number of carbonyl (C=O) groups excluding carboxylic acids is 1. The Labute approximate surface area is 196 Å². The minimum absolute atomic E-state index is 0.324. The summed E-state index contributed by atoms with van der Waals surface area (Å²) in [6.07, 6.45) is 1.45. The van der Waals surface area contributed by atoms with Crippen LogP contribution in [-0.4, -0.2) is 26.6 Å². The van der Waals surface area contributed by atoms with Gasteiger partial charge in [-0.2, -0.15) is 0 Å². The second kappa shape index (κ2) is 10.5. The Morgan fingerprint density at radius 1 is 0.970 bits per heavy atom. The summed E-state index contributed by atoms with van der Waals surface area (Å²) in [4.78, 5) is 13.1. The van der Waals surface area contributed by atoms with Crippen LogP contribution in [0.3, 0.4) is 0 Å². The number of nitrogens with zero attached hydrogens (tertiary/aromatic N) is 1. The van der Waals surface area contributed by atoms with Gasteiger partial charge in [-0.05, 0) is 73.4 Å². The fraction of sp³-hybridized carbons (Fsp3) is 0.269. The fourth-order valence-electron chi connectivity index (χ4n) is 3.52. The van der Waals surface area contributed by atoms with Crippen molar-refractivity contribution in [2.24, 2.45) is 0 Å². The number of amides is 1. The van der Waals surface area contributed by atoms with Crippen molar-refractivity contribution in [3.05, 3.63) is 89.5 Å². The SMILES string of the molecule is CC[C@H](C(=O)Nc1ccc(OCc2ccccc2)cc1)N(c1ccc(C)c(C)c1)S(C)(=O)=O. The second-order valence-corrected chi connectivity index (χ2v) is 9.90. The maximum absolute atomic E-state index is 13.1. The highest BCUT2D eigenvalue weighted by atomic mass is 32.2. The Hall–Kier alpha value is -3.32. The zero-order chi connectivity index (χ0) is 24.0. The van der Waals surface area contributed by atoms with Crippen LogP contribution in [0.15, 0.2) is 72.8 Å². The lowest BCUT2D eigenvalue weighted by Gasteiger charge is -2.30. The molecular weight excluding hydrogens is 436 g/mol. The first-order chi connectivity index (χ1) is 15.7. The zero-order valence-corrected chi connectivity index (χ0v) is 20.2. The van der Waals surface area contributed by atoms with Crippen molar-refractivity contribution in [1.82, 2.24) is 0 Å². The van der Waals surface area contributed by atoms with Gasteiger partial charge in [0.25, 0.3) is 0 Å². The minimum Gasteiger partial charge on any atom is -0.489 e. The summed E-state index contributed by atoms with van der Waals surface area (Å²) in [5.74, 6) is 0.288. The lowest BCUT2D eigenvalue weighted by Crippen LogP contribution is -2.47. The third-order valence-corrected chi connectivity index (χ3v) is 6.62. The molecule has 33 heavy (non-hydrogen) atoms. The van der Waals surface area contributed by atoms with E-state index in [1.165, 1.54) is 4.31 Å². The van der Waals surface area contributed by atoms with Gasteiger partial charge in [0, 0.05) is 5.69 Å². The quantitative estimate of drug-likeness (QED) is 0.478. The van der Waals surface area contributed by atoms with Crippen LogP contribution in [0.25, 0.3) is 0 Å².